The fourth-order valence-corrected chi connectivity index (χ4v) is 1.33. The van der Waals surface area contributed by atoms with Gasteiger partial charge in [-0.3, -0.25) is 4.79 Å². The molecule has 0 aromatic carbocycles. The van der Waals surface area contributed by atoms with Gasteiger partial charge in [0.25, 0.3) is 5.91 Å². The van der Waals surface area contributed by atoms with Crippen LogP contribution in [0.15, 0.2) is 21.2 Å². The molecule has 15 heavy (non-hydrogen) atoms. The number of amides is 1. The van der Waals surface area contributed by atoms with Gasteiger partial charge < -0.3 is 15.5 Å². The van der Waals surface area contributed by atoms with Crippen LogP contribution < -0.4 is 11.1 Å². The Morgan fingerprint density at radius 2 is 2.40 bits per heavy atom. The van der Waals surface area contributed by atoms with E-state index in [0.29, 0.717) is 16.8 Å². The summed E-state index contributed by atoms with van der Waals surface area (Å²) in [6, 6.07) is 1.77. The van der Waals surface area contributed by atoms with Crippen LogP contribution in [-0.2, 0) is 0 Å². The van der Waals surface area contributed by atoms with Crippen molar-refractivity contribution < 1.29 is 9.21 Å². The lowest BCUT2D eigenvalue weighted by Gasteiger charge is -2.05. The molecule has 0 bridgehead atoms. The Hall–Kier alpha value is -0.520. The first-order valence-electron chi connectivity index (χ1n) is 4.38. The molecule has 86 valence electrons. The summed E-state index contributed by atoms with van der Waals surface area (Å²) in [5.41, 5.74) is 5.54. The lowest BCUT2D eigenvalue weighted by atomic mass is 10.2. The van der Waals surface area contributed by atoms with Gasteiger partial charge in [-0.05, 0) is 35.3 Å². The molecule has 0 saturated carbocycles. The SMILES string of the molecule is CC(N)CCNC(=O)c1occc1Br.Cl. The summed E-state index contributed by atoms with van der Waals surface area (Å²) in [6.07, 6.45) is 2.22. The van der Waals surface area contributed by atoms with Gasteiger partial charge in [-0.2, -0.15) is 0 Å². The number of nitrogens with two attached hydrogens (primary N) is 1. The summed E-state index contributed by atoms with van der Waals surface area (Å²) in [5.74, 6) is 0.0807. The lowest BCUT2D eigenvalue weighted by molar-refractivity contribution is 0.0924. The van der Waals surface area contributed by atoms with E-state index in [1.54, 1.807) is 6.07 Å². The van der Waals surface area contributed by atoms with Crippen molar-refractivity contribution in [3.8, 4) is 0 Å². The fourth-order valence-electron chi connectivity index (χ4n) is 0.949. The van der Waals surface area contributed by atoms with E-state index in [0.717, 1.165) is 6.42 Å². The molecule has 1 aromatic heterocycles. The van der Waals surface area contributed by atoms with Crippen LogP contribution in [0.3, 0.4) is 0 Å². The smallest absolute Gasteiger partial charge is 0.288 e. The first-order valence-corrected chi connectivity index (χ1v) is 5.17. The van der Waals surface area contributed by atoms with Crippen LogP contribution in [0.1, 0.15) is 23.9 Å². The van der Waals surface area contributed by atoms with E-state index >= 15 is 0 Å². The molecule has 1 aromatic rings. The van der Waals surface area contributed by atoms with E-state index in [1.165, 1.54) is 6.26 Å². The Bertz CT molecular complexity index is 315. The minimum absolute atomic E-state index is 0. The molecule has 0 aliphatic rings. The van der Waals surface area contributed by atoms with E-state index in [9.17, 15) is 4.79 Å². The zero-order chi connectivity index (χ0) is 10.6. The summed E-state index contributed by atoms with van der Waals surface area (Å²) in [5, 5.41) is 2.71. The van der Waals surface area contributed by atoms with Crippen molar-refractivity contribution in [1.82, 2.24) is 5.32 Å². The fraction of sp³-hybridized carbons (Fsp3) is 0.444. The Morgan fingerprint density at radius 3 is 2.87 bits per heavy atom. The Labute approximate surface area is 103 Å². The summed E-state index contributed by atoms with van der Waals surface area (Å²) >= 11 is 3.21. The summed E-state index contributed by atoms with van der Waals surface area (Å²) in [4.78, 5) is 11.4. The van der Waals surface area contributed by atoms with Gasteiger partial charge >= 0.3 is 0 Å². The molecule has 4 nitrogen and oxygen atoms in total. The molecule has 1 rings (SSSR count). The van der Waals surface area contributed by atoms with Crippen LogP contribution in [0.25, 0.3) is 0 Å². The predicted octanol–water partition coefficient (Wildman–Crippen LogP) is 1.93. The molecule has 3 N–H and O–H groups in total. The highest BCUT2D eigenvalue weighted by molar-refractivity contribution is 9.10. The molecule has 1 amide bonds. The highest BCUT2D eigenvalue weighted by atomic mass is 79.9. The third-order valence-electron chi connectivity index (χ3n) is 1.71. The summed E-state index contributed by atoms with van der Waals surface area (Å²) in [7, 11) is 0. The van der Waals surface area contributed by atoms with Crippen LogP contribution in [0.4, 0.5) is 0 Å². The number of halogens is 2. The van der Waals surface area contributed by atoms with Crippen molar-refractivity contribution in [2.75, 3.05) is 6.54 Å². The Morgan fingerprint density at radius 1 is 1.73 bits per heavy atom. The second-order valence-corrected chi connectivity index (χ2v) is 3.97. The number of rotatable bonds is 4. The van der Waals surface area contributed by atoms with Crippen molar-refractivity contribution in [1.29, 1.82) is 0 Å². The van der Waals surface area contributed by atoms with Gasteiger partial charge in [0.1, 0.15) is 0 Å². The lowest BCUT2D eigenvalue weighted by Crippen LogP contribution is -2.28. The van der Waals surface area contributed by atoms with E-state index < -0.39 is 0 Å². The minimum Gasteiger partial charge on any atom is -0.458 e. The monoisotopic (exact) mass is 296 g/mol. The maximum atomic E-state index is 11.4. The number of nitrogens with one attached hydrogen (secondary N) is 1. The van der Waals surface area contributed by atoms with Crippen LogP contribution in [0, 0.1) is 0 Å². The molecule has 0 saturated heterocycles. The van der Waals surface area contributed by atoms with E-state index in [4.69, 9.17) is 10.2 Å². The Kier molecular flexibility index (Phi) is 6.63. The third-order valence-corrected chi connectivity index (χ3v) is 2.33. The van der Waals surface area contributed by atoms with Gasteiger partial charge in [0, 0.05) is 12.6 Å². The molecular formula is C9H14BrClN2O2. The van der Waals surface area contributed by atoms with Crippen LogP contribution in [0.5, 0.6) is 0 Å². The zero-order valence-electron chi connectivity index (χ0n) is 8.33. The first-order chi connectivity index (χ1) is 6.61. The largest absolute Gasteiger partial charge is 0.458 e. The van der Waals surface area contributed by atoms with Crippen molar-refractivity contribution in [2.45, 2.75) is 19.4 Å². The number of furan rings is 1. The average molecular weight is 298 g/mol. The van der Waals surface area contributed by atoms with Gasteiger partial charge in [-0.1, -0.05) is 0 Å². The van der Waals surface area contributed by atoms with Gasteiger partial charge in [0.15, 0.2) is 0 Å². The summed E-state index contributed by atoms with van der Waals surface area (Å²) in [6.45, 7) is 2.46. The van der Waals surface area contributed by atoms with Crippen LogP contribution in [0.2, 0.25) is 0 Å². The van der Waals surface area contributed by atoms with Crippen LogP contribution in [-0.4, -0.2) is 18.5 Å². The highest BCUT2D eigenvalue weighted by Crippen LogP contribution is 2.16. The zero-order valence-corrected chi connectivity index (χ0v) is 10.7. The number of hydrogen-bond donors (Lipinski definition) is 2. The second kappa shape index (κ2) is 6.87. The maximum absolute atomic E-state index is 11.4. The molecule has 0 fully saturated rings. The van der Waals surface area contributed by atoms with E-state index in [-0.39, 0.29) is 24.4 Å². The molecule has 0 aliphatic heterocycles. The quantitative estimate of drug-likeness (QED) is 0.892. The average Bonchev–Trinajstić information content (AvgIpc) is 2.50. The first kappa shape index (κ1) is 14.5. The van der Waals surface area contributed by atoms with Crippen molar-refractivity contribution >= 4 is 34.2 Å². The van der Waals surface area contributed by atoms with Gasteiger partial charge in [0.2, 0.25) is 5.76 Å². The number of carbonyl (C=O) groups excluding carboxylic acids is 1. The van der Waals surface area contributed by atoms with Crippen molar-refractivity contribution in [3.63, 3.8) is 0 Å². The highest BCUT2D eigenvalue weighted by Gasteiger charge is 2.12. The molecule has 6 heteroatoms. The Balaban J connectivity index is 0.00000196. The topological polar surface area (TPSA) is 68.3 Å². The van der Waals surface area contributed by atoms with Gasteiger partial charge in [0.05, 0.1) is 10.7 Å². The third kappa shape index (κ3) is 4.68. The molecule has 0 aliphatic carbocycles. The number of hydrogen-bond acceptors (Lipinski definition) is 3. The van der Waals surface area contributed by atoms with Gasteiger partial charge in [-0.25, -0.2) is 0 Å². The minimum atomic E-state index is -0.220. The maximum Gasteiger partial charge on any atom is 0.288 e. The van der Waals surface area contributed by atoms with E-state index in [2.05, 4.69) is 21.2 Å². The number of carbonyl (C=O) groups is 1. The molecule has 0 radical (unpaired) electrons. The molecule has 1 heterocycles. The normalized spacial score (nSPS) is 11.7. The van der Waals surface area contributed by atoms with Gasteiger partial charge in [-0.15, -0.1) is 12.4 Å². The summed E-state index contributed by atoms with van der Waals surface area (Å²) < 4.78 is 5.66. The molecule has 1 atom stereocenters. The van der Waals surface area contributed by atoms with Crippen LogP contribution >= 0.6 is 28.3 Å². The van der Waals surface area contributed by atoms with E-state index in [1.807, 2.05) is 6.92 Å². The standard InChI is InChI=1S/C9H13BrN2O2.ClH/c1-6(11)2-4-12-9(13)8-7(10)3-5-14-8;/h3,5-6H,2,4,11H2,1H3,(H,12,13);1H. The second-order valence-electron chi connectivity index (χ2n) is 3.12. The predicted molar refractivity (Wildman–Crippen MR) is 64.3 cm³/mol. The molecule has 0 spiro atoms. The molecule has 1 unspecified atom stereocenters. The van der Waals surface area contributed by atoms with Crippen molar-refractivity contribution in [3.05, 3.63) is 22.6 Å². The van der Waals surface area contributed by atoms with Crippen molar-refractivity contribution in [2.24, 2.45) is 5.73 Å². The molecular weight excluding hydrogens is 283 g/mol.